The summed E-state index contributed by atoms with van der Waals surface area (Å²) in [5.41, 5.74) is 3.50. The van der Waals surface area contributed by atoms with Crippen molar-refractivity contribution in [1.29, 1.82) is 0 Å². The van der Waals surface area contributed by atoms with Gasteiger partial charge in [0.15, 0.2) is 0 Å². The minimum Gasteiger partial charge on any atom is -0.480 e. The maximum atomic E-state index is 10.8. The Kier molecular flexibility index (Phi) is 2.79. The van der Waals surface area contributed by atoms with Gasteiger partial charge in [0.2, 0.25) is 0 Å². The summed E-state index contributed by atoms with van der Waals surface area (Å²) in [6, 6.07) is 7.54. The second-order valence-electron chi connectivity index (χ2n) is 4.18. The van der Waals surface area contributed by atoms with Crippen molar-refractivity contribution < 1.29 is 9.90 Å². The molecule has 16 heavy (non-hydrogen) atoms. The molecule has 0 aromatic heterocycles. The molecule has 0 fully saturated rings. The van der Waals surface area contributed by atoms with Crippen LogP contribution in [0.15, 0.2) is 29.8 Å². The highest BCUT2D eigenvalue weighted by atomic mass is 16.4. The van der Waals surface area contributed by atoms with Crippen LogP contribution < -0.4 is 5.32 Å². The first-order valence-electron chi connectivity index (χ1n) is 5.35. The Hall–Kier alpha value is -1.61. The first kappa shape index (κ1) is 10.9. The van der Waals surface area contributed by atoms with Crippen molar-refractivity contribution in [1.82, 2.24) is 5.32 Å². The summed E-state index contributed by atoms with van der Waals surface area (Å²) in [6.45, 7) is 3.68. The Balaban J connectivity index is 2.24. The minimum absolute atomic E-state index is 0.0299. The van der Waals surface area contributed by atoms with Crippen molar-refractivity contribution in [3.63, 3.8) is 0 Å². The fourth-order valence-electron chi connectivity index (χ4n) is 2.02. The molecule has 3 heteroatoms. The molecule has 0 spiro atoms. The van der Waals surface area contributed by atoms with Gasteiger partial charge in [-0.15, -0.1) is 0 Å². The van der Waals surface area contributed by atoms with Crippen LogP contribution >= 0.6 is 0 Å². The summed E-state index contributed by atoms with van der Waals surface area (Å²) < 4.78 is 0. The molecule has 2 rings (SSSR count). The quantitative estimate of drug-likeness (QED) is 0.816. The van der Waals surface area contributed by atoms with E-state index in [-0.39, 0.29) is 6.04 Å². The van der Waals surface area contributed by atoms with Gasteiger partial charge >= 0.3 is 5.97 Å². The molecule has 84 valence electrons. The van der Waals surface area contributed by atoms with Crippen molar-refractivity contribution in [2.45, 2.75) is 25.9 Å². The molecule has 1 aromatic rings. The van der Waals surface area contributed by atoms with Gasteiger partial charge in [0, 0.05) is 0 Å². The number of fused-ring (bicyclic) bond motifs is 1. The molecule has 2 atom stereocenters. The third kappa shape index (κ3) is 1.86. The topological polar surface area (TPSA) is 49.3 Å². The molecule has 2 N–H and O–H groups in total. The van der Waals surface area contributed by atoms with Crippen LogP contribution in [0.4, 0.5) is 0 Å². The zero-order chi connectivity index (χ0) is 11.7. The van der Waals surface area contributed by atoms with Crippen LogP contribution in [0.3, 0.4) is 0 Å². The Morgan fingerprint density at radius 3 is 2.81 bits per heavy atom. The second kappa shape index (κ2) is 4.10. The monoisotopic (exact) mass is 217 g/mol. The van der Waals surface area contributed by atoms with Gasteiger partial charge in [-0.3, -0.25) is 10.1 Å². The van der Waals surface area contributed by atoms with Crippen LogP contribution in [0.2, 0.25) is 0 Å². The predicted molar refractivity (Wildman–Crippen MR) is 63.1 cm³/mol. The standard InChI is InChI=1S/C13H15NO2/c1-8-7-10-5-3-4-6-11(10)12(8)14-9(2)13(15)16/h3-7,9,12,14H,1-2H3,(H,15,16)/t9-,12-/m1/s1. The SMILES string of the molecule is CC1=Cc2ccccc2[C@@H]1N[C@H](C)C(=O)O. The zero-order valence-corrected chi connectivity index (χ0v) is 9.40. The molecule has 1 aliphatic carbocycles. The summed E-state index contributed by atoms with van der Waals surface area (Å²) in [5.74, 6) is -0.822. The molecule has 0 aliphatic heterocycles. The van der Waals surface area contributed by atoms with Crippen LogP contribution in [0.5, 0.6) is 0 Å². The molecule has 0 saturated heterocycles. The fraction of sp³-hybridized carbons (Fsp3) is 0.308. The number of carboxylic acid groups (broad SMARTS) is 1. The van der Waals surface area contributed by atoms with E-state index in [4.69, 9.17) is 5.11 Å². The van der Waals surface area contributed by atoms with Crippen molar-refractivity contribution in [3.8, 4) is 0 Å². The summed E-state index contributed by atoms with van der Waals surface area (Å²) in [6.07, 6.45) is 2.10. The summed E-state index contributed by atoms with van der Waals surface area (Å²) in [5, 5.41) is 12.0. The Morgan fingerprint density at radius 1 is 1.44 bits per heavy atom. The molecule has 1 aliphatic rings. The lowest BCUT2D eigenvalue weighted by molar-refractivity contribution is -0.139. The zero-order valence-electron chi connectivity index (χ0n) is 9.40. The molecule has 0 amide bonds. The third-order valence-corrected chi connectivity index (χ3v) is 2.93. The fourth-order valence-corrected chi connectivity index (χ4v) is 2.02. The number of nitrogens with one attached hydrogen (secondary N) is 1. The highest BCUT2D eigenvalue weighted by molar-refractivity contribution is 5.73. The Labute approximate surface area is 94.8 Å². The maximum absolute atomic E-state index is 10.8. The van der Waals surface area contributed by atoms with E-state index in [0.29, 0.717) is 0 Å². The molecule has 0 heterocycles. The van der Waals surface area contributed by atoms with Gasteiger partial charge in [-0.05, 0) is 25.0 Å². The van der Waals surface area contributed by atoms with E-state index < -0.39 is 12.0 Å². The van der Waals surface area contributed by atoms with Crippen molar-refractivity contribution in [2.75, 3.05) is 0 Å². The van der Waals surface area contributed by atoms with Gasteiger partial charge in [-0.2, -0.15) is 0 Å². The number of carboxylic acids is 1. The molecular weight excluding hydrogens is 202 g/mol. The van der Waals surface area contributed by atoms with Crippen LogP contribution in [-0.2, 0) is 4.79 Å². The summed E-state index contributed by atoms with van der Waals surface area (Å²) in [4.78, 5) is 10.8. The van der Waals surface area contributed by atoms with E-state index in [1.54, 1.807) is 6.92 Å². The normalized spacial score (nSPS) is 20.1. The van der Waals surface area contributed by atoms with Crippen LogP contribution in [0.25, 0.3) is 6.08 Å². The molecule has 3 nitrogen and oxygen atoms in total. The van der Waals surface area contributed by atoms with E-state index in [0.717, 1.165) is 11.1 Å². The number of aliphatic carboxylic acids is 1. The summed E-state index contributed by atoms with van der Waals surface area (Å²) in [7, 11) is 0. The van der Waals surface area contributed by atoms with E-state index in [9.17, 15) is 4.79 Å². The number of rotatable bonds is 3. The van der Waals surface area contributed by atoms with Crippen LogP contribution in [0, 0.1) is 0 Å². The number of benzene rings is 1. The summed E-state index contributed by atoms with van der Waals surface area (Å²) >= 11 is 0. The number of hydrogen-bond donors (Lipinski definition) is 2. The average molecular weight is 217 g/mol. The molecular formula is C13H15NO2. The van der Waals surface area contributed by atoms with Crippen LogP contribution in [0.1, 0.15) is 31.0 Å². The average Bonchev–Trinajstić information content (AvgIpc) is 2.55. The highest BCUT2D eigenvalue weighted by Gasteiger charge is 2.25. The van der Waals surface area contributed by atoms with E-state index in [1.165, 1.54) is 5.56 Å². The largest absolute Gasteiger partial charge is 0.480 e. The number of carbonyl (C=O) groups is 1. The Morgan fingerprint density at radius 2 is 2.12 bits per heavy atom. The van der Waals surface area contributed by atoms with Gasteiger partial charge in [0.1, 0.15) is 6.04 Å². The Bertz CT molecular complexity index is 451. The molecule has 0 radical (unpaired) electrons. The molecule has 1 aromatic carbocycles. The first-order valence-corrected chi connectivity index (χ1v) is 5.35. The predicted octanol–water partition coefficient (Wildman–Crippen LogP) is 2.21. The second-order valence-corrected chi connectivity index (χ2v) is 4.18. The van der Waals surface area contributed by atoms with Gasteiger partial charge in [0.25, 0.3) is 0 Å². The van der Waals surface area contributed by atoms with Crippen LogP contribution in [-0.4, -0.2) is 17.1 Å². The molecule has 0 saturated carbocycles. The van der Waals surface area contributed by atoms with E-state index in [2.05, 4.69) is 11.4 Å². The highest BCUT2D eigenvalue weighted by Crippen LogP contribution is 2.33. The first-order chi connectivity index (χ1) is 7.59. The van der Waals surface area contributed by atoms with Crippen molar-refractivity contribution >= 4 is 12.0 Å². The van der Waals surface area contributed by atoms with E-state index >= 15 is 0 Å². The number of hydrogen-bond acceptors (Lipinski definition) is 2. The van der Waals surface area contributed by atoms with Crippen molar-refractivity contribution in [2.24, 2.45) is 0 Å². The maximum Gasteiger partial charge on any atom is 0.320 e. The van der Waals surface area contributed by atoms with E-state index in [1.807, 2.05) is 31.2 Å². The van der Waals surface area contributed by atoms with Gasteiger partial charge in [-0.1, -0.05) is 35.9 Å². The molecule has 0 unspecified atom stereocenters. The smallest absolute Gasteiger partial charge is 0.320 e. The lowest BCUT2D eigenvalue weighted by atomic mass is 10.0. The third-order valence-electron chi connectivity index (χ3n) is 2.93. The van der Waals surface area contributed by atoms with Gasteiger partial charge < -0.3 is 5.11 Å². The van der Waals surface area contributed by atoms with Gasteiger partial charge in [-0.25, -0.2) is 0 Å². The van der Waals surface area contributed by atoms with Crippen molar-refractivity contribution in [3.05, 3.63) is 41.0 Å². The molecule has 0 bridgehead atoms. The lowest BCUT2D eigenvalue weighted by Crippen LogP contribution is -2.36. The lowest BCUT2D eigenvalue weighted by Gasteiger charge is -2.19. The van der Waals surface area contributed by atoms with Gasteiger partial charge in [0.05, 0.1) is 6.04 Å². The minimum atomic E-state index is -0.822.